The van der Waals surface area contributed by atoms with Gasteiger partial charge < -0.3 is 5.32 Å². The lowest BCUT2D eigenvalue weighted by molar-refractivity contribution is 0.345. The van der Waals surface area contributed by atoms with E-state index in [-0.39, 0.29) is 0 Å². The molecule has 0 radical (unpaired) electrons. The molecule has 1 fully saturated rings. The molecule has 0 amide bonds. The molecule has 1 nitrogen and oxygen atoms in total. The van der Waals surface area contributed by atoms with Gasteiger partial charge in [0, 0.05) is 27.3 Å². The van der Waals surface area contributed by atoms with Crippen molar-refractivity contribution in [3.63, 3.8) is 0 Å². The zero-order valence-electron chi connectivity index (χ0n) is 9.93. The Kier molecular flexibility index (Phi) is 4.81. The number of hydrogen-bond donors (Lipinski definition) is 1. The molecule has 0 atom stereocenters. The summed E-state index contributed by atoms with van der Waals surface area (Å²) in [6.07, 6.45) is 6.27. The van der Waals surface area contributed by atoms with Crippen molar-refractivity contribution in [3.05, 3.63) is 33.3 Å². The van der Waals surface area contributed by atoms with Gasteiger partial charge in [0.15, 0.2) is 0 Å². The van der Waals surface area contributed by atoms with E-state index in [1.165, 1.54) is 19.3 Å². The van der Waals surface area contributed by atoms with E-state index in [0.29, 0.717) is 4.75 Å². The molecule has 1 saturated carbocycles. The third kappa shape index (κ3) is 3.40. The first-order chi connectivity index (χ1) is 8.15. The quantitative estimate of drug-likeness (QED) is 0.852. The zero-order valence-corrected chi connectivity index (χ0v) is 13.1. The van der Waals surface area contributed by atoms with Crippen molar-refractivity contribution < 1.29 is 0 Å². The number of nitrogens with one attached hydrogen (secondary N) is 1. The highest BCUT2D eigenvalue weighted by molar-refractivity contribution is 9.10. The monoisotopic (exact) mass is 333 g/mol. The van der Waals surface area contributed by atoms with Crippen molar-refractivity contribution in [1.82, 2.24) is 5.32 Å². The highest BCUT2D eigenvalue weighted by atomic mass is 79.9. The molecule has 94 valence electrons. The minimum atomic E-state index is 0.485. The summed E-state index contributed by atoms with van der Waals surface area (Å²) >= 11 is 11.6. The lowest BCUT2D eigenvalue weighted by Crippen LogP contribution is -2.43. The van der Waals surface area contributed by atoms with E-state index in [1.807, 2.05) is 23.9 Å². The number of rotatable bonds is 5. The van der Waals surface area contributed by atoms with Crippen LogP contribution in [0.1, 0.15) is 24.8 Å². The second-order valence-corrected chi connectivity index (χ2v) is 7.18. The molecule has 2 rings (SSSR count). The van der Waals surface area contributed by atoms with Gasteiger partial charge in [0.2, 0.25) is 0 Å². The van der Waals surface area contributed by atoms with Gasteiger partial charge >= 0.3 is 0 Å². The Labute approximate surface area is 121 Å². The minimum Gasteiger partial charge on any atom is -0.311 e. The van der Waals surface area contributed by atoms with E-state index in [0.717, 1.165) is 28.1 Å². The van der Waals surface area contributed by atoms with Crippen molar-refractivity contribution in [1.29, 1.82) is 0 Å². The first kappa shape index (κ1) is 13.7. The first-order valence-electron chi connectivity index (χ1n) is 5.85. The van der Waals surface area contributed by atoms with Gasteiger partial charge in [-0.3, -0.25) is 0 Å². The molecule has 0 unspecified atom stereocenters. The molecule has 4 heteroatoms. The van der Waals surface area contributed by atoms with Crippen LogP contribution in [0, 0.1) is 0 Å². The molecule has 0 aromatic heterocycles. The van der Waals surface area contributed by atoms with Gasteiger partial charge in [-0.2, -0.15) is 11.8 Å². The van der Waals surface area contributed by atoms with E-state index in [2.05, 4.69) is 33.6 Å². The average molecular weight is 335 g/mol. The van der Waals surface area contributed by atoms with Crippen molar-refractivity contribution in [2.45, 2.75) is 30.6 Å². The molecule has 1 aliphatic rings. The second kappa shape index (κ2) is 5.96. The third-order valence-electron chi connectivity index (χ3n) is 3.47. The average Bonchev–Trinajstić information content (AvgIpc) is 2.27. The van der Waals surface area contributed by atoms with E-state index >= 15 is 0 Å². The van der Waals surface area contributed by atoms with Gasteiger partial charge in [-0.1, -0.05) is 34.0 Å². The Hall–Kier alpha value is 0.300. The predicted molar refractivity (Wildman–Crippen MR) is 81.0 cm³/mol. The molecule has 17 heavy (non-hydrogen) atoms. The van der Waals surface area contributed by atoms with Crippen molar-refractivity contribution in [3.8, 4) is 0 Å². The Balaban J connectivity index is 1.87. The van der Waals surface area contributed by atoms with Gasteiger partial charge in [0.25, 0.3) is 0 Å². The molecule has 0 aliphatic heterocycles. The van der Waals surface area contributed by atoms with Gasteiger partial charge in [-0.25, -0.2) is 0 Å². The Morgan fingerprint density at radius 3 is 2.82 bits per heavy atom. The Morgan fingerprint density at radius 2 is 2.24 bits per heavy atom. The van der Waals surface area contributed by atoms with Crippen molar-refractivity contribution in [2.75, 3.05) is 12.8 Å². The third-order valence-corrected chi connectivity index (χ3v) is 5.75. The van der Waals surface area contributed by atoms with Crippen LogP contribution in [-0.2, 0) is 6.54 Å². The zero-order chi connectivity index (χ0) is 12.3. The van der Waals surface area contributed by atoms with E-state index in [4.69, 9.17) is 11.6 Å². The maximum Gasteiger partial charge on any atom is 0.0451 e. The predicted octanol–water partition coefficient (Wildman–Crippen LogP) is 4.48. The number of hydrogen-bond acceptors (Lipinski definition) is 2. The smallest absolute Gasteiger partial charge is 0.0451 e. The van der Waals surface area contributed by atoms with Crippen LogP contribution >= 0.6 is 39.3 Å². The molecular formula is C13H17BrClNS. The summed E-state index contributed by atoms with van der Waals surface area (Å²) in [6, 6.07) is 6.00. The summed E-state index contributed by atoms with van der Waals surface area (Å²) in [5.74, 6) is 0. The normalized spacial score (nSPS) is 17.8. The van der Waals surface area contributed by atoms with E-state index in [9.17, 15) is 0 Å². The lowest BCUT2D eigenvalue weighted by Gasteiger charge is -2.40. The molecular weight excluding hydrogens is 318 g/mol. The van der Waals surface area contributed by atoms with Crippen LogP contribution in [0.2, 0.25) is 5.02 Å². The number of thioether (sulfide) groups is 1. The van der Waals surface area contributed by atoms with Gasteiger partial charge in [0.1, 0.15) is 0 Å². The maximum absolute atomic E-state index is 6.16. The van der Waals surface area contributed by atoms with Crippen molar-refractivity contribution >= 4 is 39.3 Å². The van der Waals surface area contributed by atoms with Gasteiger partial charge in [-0.15, -0.1) is 0 Å². The molecule has 0 spiro atoms. The minimum absolute atomic E-state index is 0.485. The second-order valence-electron chi connectivity index (χ2n) is 4.58. The van der Waals surface area contributed by atoms with E-state index in [1.54, 1.807) is 0 Å². The summed E-state index contributed by atoms with van der Waals surface area (Å²) < 4.78 is 1.57. The molecule has 0 bridgehead atoms. The van der Waals surface area contributed by atoms with E-state index < -0.39 is 0 Å². The molecule has 1 N–H and O–H groups in total. The highest BCUT2D eigenvalue weighted by Crippen LogP contribution is 2.42. The fourth-order valence-corrected chi connectivity index (χ4v) is 3.66. The molecule has 0 saturated heterocycles. The summed E-state index contributed by atoms with van der Waals surface area (Å²) in [4.78, 5) is 0. The SMILES string of the molecule is CSC1(CNCc2cc(Br)ccc2Cl)CCC1. The van der Waals surface area contributed by atoms with Crippen LogP contribution in [0.25, 0.3) is 0 Å². The maximum atomic E-state index is 6.16. The Bertz CT molecular complexity index is 387. The van der Waals surface area contributed by atoms with Crippen LogP contribution in [0.4, 0.5) is 0 Å². The van der Waals surface area contributed by atoms with Crippen LogP contribution in [0.3, 0.4) is 0 Å². The Morgan fingerprint density at radius 1 is 1.47 bits per heavy atom. The molecule has 1 aromatic carbocycles. The van der Waals surface area contributed by atoms with Crippen LogP contribution in [-0.4, -0.2) is 17.5 Å². The summed E-state index contributed by atoms with van der Waals surface area (Å²) in [7, 11) is 0. The molecule has 1 aliphatic carbocycles. The highest BCUT2D eigenvalue weighted by Gasteiger charge is 2.35. The van der Waals surface area contributed by atoms with Crippen LogP contribution < -0.4 is 5.32 Å². The van der Waals surface area contributed by atoms with Gasteiger partial charge in [-0.05, 0) is 42.9 Å². The summed E-state index contributed by atoms with van der Waals surface area (Å²) in [5.41, 5.74) is 1.16. The summed E-state index contributed by atoms with van der Waals surface area (Å²) in [6.45, 7) is 1.93. The fraction of sp³-hybridized carbons (Fsp3) is 0.538. The summed E-state index contributed by atoms with van der Waals surface area (Å²) in [5, 5.41) is 4.38. The first-order valence-corrected chi connectivity index (χ1v) is 8.25. The molecule has 1 aromatic rings. The standard InChI is InChI=1S/C13H17BrClNS/c1-17-13(5-2-6-13)9-16-8-10-7-11(14)3-4-12(10)15/h3-4,7,16H,2,5-6,8-9H2,1H3. The fourth-order valence-electron chi connectivity index (χ4n) is 2.13. The van der Waals surface area contributed by atoms with Crippen LogP contribution in [0.15, 0.2) is 22.7 Å². The van der Waals surface area contributed by atoms with Crippen molar-refractivity contribution in [2.24, 2.45) is 0 Å². The largest absolute Gasteiger partial charge is 0.311 e. The van der Waals surface area contributed by atoms with Gasteiger partial charge in [0.05, 0.1) is 0 Å². The molecule has 0 heterocycles. The number of halogens is 2. The lowest BCUT2D eigenvalue weighted by atomic mass is 9.84. The topological polar surface area (TPSA) is 12.0 Å². The van der Waals surface area contributed by atoms with Crippen LogP contribution in [0.5, 0.6) is 0 Å². The number of benzene rings is 1.